The highest BCUT2D eigenvalue weighted by Crippen LogP contribution is 2.55. The summed E-state index contributed by atoms with van der Waals surface area (Å²) in [5.74, 6) is 3.11. The molecule has 18 heavy (non-hydrogen) atoms. The molecule has 1 N–H and O–H groups in total. The molecular formula is C15H23N3. The van der Waals surface area contributed by atoms with E-state index in [-0.39, 0.29) is 0 Å². The second kappa shape index (κ2) is 4.09. The van der Waals surface area contributed by atoms with Gasteiger partial charge in [-0.15, -0.1) is 0 Å². The van der Waals surface area contributed by atoms with Gasteiger partial charge >= 0.3 is 0 Å². The van der Waals surface area contributed by atoms with Crippen LogP contribution >= 0.6 is 0 Å². The van der Waals surface area contributed by atoms with E-state index in [1.54, 1.807) is 0 Å². The van der Waals surface area contributed by atoms with E-state index in [4.69, 9.17) is 0 Å². The Labute approximate surface area is 109 Å². The fourth-order valence-corrected chi connectivity index (χ4v) is 5.20. The van der Waals surface area contributed by atoms with E-state index in [9.17, 15) is 0 Å². The van der Waals surface area contributed by atoms with E-state index < -0.39 is 0 Å². The molecule has 98 valence electrons. The minimum Gasteiger partial charge on any atom is -0.309 e. The smallest absolute Gasteiger partial charge is 0.0534 e. The third-order valence-electron chi connectivity index (χ3n) is 5.44. The Hall–Kier alpha value is -0.830. The SMILES string of the molecule is c1cnn(CCNC23CC4CC(CC(C4)C2)C3)c1. The Morgan fingerprint density at radius 1 is 1.11 bits per heavy atom. The molecule has 0 aromatic carbocycles. The zero-order valence-electron chi connectivity index (χ0n) is 11.0. The Morgan fingerprint density at radius 3 is 2.33 bits per heavy atom. The first-order valence-corrected chi connectivity index (χ1v) is 7.54. The monoisotopic (exact) mass is 245 g/mol. The van der Waals surface area contributed by atoms with Gasteiger partial charge in [0.2, 0.25) is 0 Å². The van der Waals surface area contributed by atoms with E-state index in [0.29, 0.717) is 5.54 Å². The molecule has 4 fully saturated rings. The van der Waals surface area contributed by atoms with E-state index in [1.165, 1.54) is 38.5 Å². The van der Waals surface area contributed by atoms with Crippen molar-refractivity contribution in [2.75, 3.05) is 6.54 Å². The minimum absolute atomic E-state index is 0.502. The molecular weight excluding hydrogens is 222 g/mol. The summed E-state index contributed by atoms with van der Waals surface area (Å²) in [6.45, 7) is 2.09. The zero-order valence-corrected chi connectivity index (χ0v) is 11.0. The van der Waals surface area contributed by atoms with Crippen LogP contribution in [0.3, 0.4) is 0 Å². The number of nitrogens with one attached hydrogen (secondary N) is 1. The maximum absolute atomic E-state index is 4.28. The van der Waals surface area contributed by atoms with Gasteiger partial charge in [0, 0.05) is 24.5 Å². The van der Waals surface area contributed by atoms with Gasteiger partial charge in [0.15, 0.2) is 0 Å². The summed E-state index contributed by atoms with van der Waals surface area (Å²) in [5.41, 5.74) is 0.502. The van der Waals surface area contributed by atoms with Crippen molar-refractivity contribution in [2.45, 2.75) is 50.6 Å². The molecule has 0 unspecified atom stereocenters. The van der Waals surface area contributed by atoms with Crippen LogP contribution in [-0.2, 0) is 6.54 Å². The maximum atomic E-state index is 4.28. The van der Waals surface area contributed by atoms with Crippen LogP contribution < -0.4 is 5.32 Å². The topological polar surface area (TPSA) is 29.9 Å². The lowest BCUT2D eigenvalue weighted by Crippen LogP contribution is -2.58. The highest BCUT2D eigenvalue weighted by Gasteiger charge is 2.50. The van der Waals surface area contributed by atoms with Crippen LogP contribution in [0.25, 0.3) is 0 Å². The summed E-state index contributed by atoms with van der Waals surface area (Å²) >= 11 is 0. The van der Waals surface area contributed by atoms with E-state index in [1.807, 2.05) is 16.9 Å². The summed E-state index contributed by atoms with van der Waals surface area (Å²) in [6.07, 6.45) is 12.8. The largest absolute Gasteiger partial charge is 0.309 e. The second-order valence-electron chi connectivity index (χ2n) is 6.89. The van der Waals surface area contributed by atoms with E-state index in [0.717, 1.165) is 30.8 Å². The zero-order chi connectivity index (χ0) is 12.0. The molecule has 0 atom stereocenters. The molecule has 4 aliphatic carbocycles. The predicted molar refractivity (Wildman–Crippen MR) is 71.1 cm³/mol. The van der Waals surface area contributed by atoms with Crippen LogP contribution in [0, 0.1) is 17.8 Å². The van der Waals surface area contributed by atoms with Crippen LogP contribution in [0.4, 0.5) is 0 Å². The molecule has 5 rings (SSSR count). The fraction of sp³-hybridized carbons (Fsp3) is 0.800. The number of hydrogen-bond acceptors (Lipinski definition) is 2. The number of aromatic nitrogens is 2. The van der Waals surface area contributed by atoms with Crippen molar-refractivity contribution in [1.29, 1.82) is 0 Å². The molecule has 0 spiro atoms. The third kappa shape index (κ3) is 1.89. The van der Waals surface area contributed by atoms with Crippen LogP contribution in [0.15, 0.2) is 18.5 Å². The van der Waals surface area contributed by atoms with Crippen molar-refractivity contribution in [3.05, 3.63) is 18.5 Å². The summed E-state index contributed by atoms with van der Waals surface area (Å²) in [6, 6.07) is 2.00. The first-order chi connectivity index (χ1) is 8.81. The average molecular weight is 245 g/mol. The lowest BCUT2D eigenvalue weighted by atomic mass is 9.53. The number of nitrogens with zero attached hydrogens (tertiary/aromatic N) is 2. The van der Waals surface area contributed by atoms with Gasteiger partial charge in [0.05, 0.1) is 6.54 Å². The second-order valence-corrected chi connectivity index (χ2v) is 6.89. The minimum atomic E-state index is 0.502. The van der Waals surface area contributed by atoms with Gasteiger partial charge < -0.3 is 5.32 Å². The van der Waals surface area contributed by atoms with Crippen LogP contribution in [0.2, 0.25) is 0 Å². The van der Waals surface area contributed by atoms with Gasteiger partial charge in [-0.2, -0.15) is 5.10 Å². The molecule has 3 heteroatoms. The van der Waals surface area contributed by atoms with Gasteiger partial charge in [-0.05, 0) is 62.3 Å². The molecule has 0 amide bonds. The molecule has 3 nitrogen and oxygen atoms in total. The molecule has 0 saturated heterocycles. The first kappa shape index (κ1) is 11.0. The van der Waals surface area contributed by atoms with Crippen molar-refractivity contribution >= 4 is 0 Å². The quantitative estimate of drug-likeness (QED) is 0.883. The van der Waals surface area contributed by atoms with E-state index >= 15 is 0 Å². The Bertz CT molecular complexity index is 374. The van der Waals surface area contributed by atoms with Crippen molar-refractivity contribution in [3.63, 3.8) is 0 Å². The van der Waals surface area contributed by atoms with Crippen molar-refractivity contribution < 1.29 is 0 Å². The standard InChI is InChI=1S/C15H23N3/c1-2-17-18(4-1)5-3-16-15-9-12-6-13(10-15)8-14(7-12)11-15/h1-2,4,12-14,16H,3,5-11H2. The number of hydrogen-bond donors (Lipinski definition) is 1. The highest BCUT2D eigenvalue weighted by molar-refractivity contribution is 5.06. The normalized spacial score (nSPS) is 41.4. The molecule has 1 heterocycles. The highest BCUT2D eigenvalue weighted by atomic mass is 15.3. The molecule has 0 radical (unpaired) electrons. The Balaban J connectivity index is 1.39. The van der Waals surface area contributed by atoms with Crippen molar-refractivity contribution in [2.24, 2.45) is 17.8 Å². The van der Waals surface area contributed by atoms with Gasteiger partial charge in [0.1, 0.15) is 0 Å². The Kier molecular flexibility index (Phi) is 2.51. The molecule has 4 bridgehead atoms. The van der Waals surface area contributed by atoms with Crippen LogP contribution in [0.1, 0.15) is 38.5 Å². The molecule has 0 aliphatic heterocycles. The van der Waals surface area contributed by atoms with Crippen LogP contribution in [-0.4, -0.2) is 21.9 Å². The lowest BCUT2D eigenvalue weighted by molar-refractivity contribution is -0.0199. The molecule has 4 aliphatic rings. The van der Waals surface area contributed by atoms with E-state index in [2.05, 4.69) is 16.6 Å². The van der Waals surface area contributed by atoms with Crippen molar-refractivity contribution in [3.8, 4) is 0 Å². The average Bonchev–Trinajstić information content (AvgIpc) is 2.79. The first-order valence-electron chi connectivity index (χ1n) is 7.54. The number of rotatable bonds is 4. The van der Waals surface area contributed by atoms with Gasteiger partial charge in [-0.3, -0.25) is 4.68 Å². The Morgan fingerprint density at radius 2 is 1.78 bits per heavy atom. The molecule has 4 saturated carbocycles. The van der Waals surface area contributed by atoms with Gasteiger partial charge in [-0.1, -0.05) is 0 Å². The third-order valence-corrected chi connectivity index (χ3v) is 5.44. The van der Waals surface area contributed by atoms with Crippen LogP contribution in [0.5, 0.6) is 0 Å². The summed E-state index contributed by atoms with van der Waals surface area (Å²) in [5, 5.41) is 8.18. The van der Waals surface area contributed by atoms with Gasteiger partial charge in [-0.25, -0.2) is 0 Å². The fourth-order valence-electron chi connectivity index (χ4n) is 5.20. The summed E-state index contributed by atoms with van der Waals surface area (Å²) < 4.78 is 2.04. The summed E-state index contributed by atoms with van der Waals surface area (Å²) in [4.78, 5) is 0. The summed E-state index contributed by atoms with van der Waals surface area (Å²) in [7, 11) is 0. The van der Waals surface area contributed by atoms with Gasteiger partial charge in [0.25, 0.3) is 0 Å². The maximum Gasteiger partial charge on any atom is 0.0534 e. The molecule has 1 aromatic heterocycles. The predicted octanol–water partition coefficient (Wildman–Crippen LogP) is 2.44. The van der Waals surface area contributed by atoms with Crippen molar-refractivity contribution in [1.82, 2.24) is 15.1 Å². The molecule has 1 aromatic rings. The lowest BCUT2D eigenvalue weighted by Gasteiger charge is -2.57.